The SMILES string of the molecule is NC(=O)CCc1ccccn1.O=C(O)C(F)(F)F. The Balaban J connectivity index is 0.000000360. The number of hydrogen-bond acceptors (Lipinski definition) is 3. The summed E-state index contributed by atoms with van der Waals surface area (Å²) in [6, 6.07) is 5.61. The van der Waals surface area contributed by atoms with Crippen molar-refractivity contribution >= 4 is 11.9 Å². The molecule has 0 fully saturated rings. The van der Waals surface area contributed by atoms with Gasteiger partial charge in [-0.15, -0.1) is 0 Å². The fraction of sp³-hybridized carbons (Fsp3) is 0.300. The largest absolute Gasteiger partial charge is 0.490 e. The summed E-state index contributed by atoms with van der Waals surface area (Å²) in [7, 11) is 0. The smallest absolute Gasteiger partial charge is 0.475 e. The van der Waals surface area contributed by atoms with Crippen LogP contribution in [0.15, 0.2) is 24.4 Å². The van der Waals surface area contributed by atoms with Crippen molar-refractivity contribution in [3.05, 3.63) is 30.1 Å². The van der Waals surface area contributed by atoms with Crippen LogP contribution in [0.1, 0.15) is 12.1 Å². The lowest BCUT2D eigenvalue weighted by atomic mass is 10.2. The van der Waals surface area contributed by atoms with Gasteiger partial charge in [-0.25, -0.2) is 4.79 Å². The van der Waals surface area contributed by atoms with Crippen molar-refractivity contribution < 1.29 is 27.9 Å². The molecule has 0 aliphatic carbocycles. The van der Waals surface area contributed by atoms with Crippen LogP contribution in [0.25, 0.3) is 0 Å². The Labute approximate surface area is 100 Å². The number of nitrogens with two attached hydrogens (primary N) is 1. The van der Waals surface area contributed by atoms with Crippen LogP contribution in [0.2, 0.25) is 0 Å². The molecular weight excluding hydrogens is 253 g/mol. The molecule has 1 rings (SSSR count). The number of aliphatic carboxylic acids is 1. The number of hydrogen-bond donors (Lipinski definition) is 2. The molecular formula is C10H11F3N2O3. The molecule has 0 bridgehead atoms. The normalized spacial score (nSPS) is 10.2. The van der Waals surface area contributed by atoms with Crippen LogP contribution in [0.4, 0.5) is 13.2 Å². The van der Waals surface area contributed by atoms with Crippen LogP contribution >= 0.6 is 0 Å². The lowest BCUT2D eigenvalue weighted by Crippen LogP contribution is -2.21. The molecule has 0 saturated carbocycles. The van der Waals surface area contributed by atoms with Crippen LogP contribution in [0, 0.1) is 0 Å². The number of carboxylic acid groups (broad SMARTS) is 1. The van der Waals surface area contributed by atoms with E-state index in [9.17, 15) is 18.0 Å². The van der Waals surface area contributed by atoms with Gasteiger partial charge in [-0.1, -0.05) is 6.07 Å². The molecule has 5 nitrogen and oxygen atoms in total. The second-order valence-corrected chi connectivity index (χ2v) is 3.09. The molecule has 8 heteroatoms. The first-order valence-electron chi connectivity index (χ1n) is 4.72. The second-order valence-electron chi connectivity index (χ2n) is 3.09. The Morgan fingerprint density at radius 1 is 1.33 bits per heavy atom. The average Bonchev–Trinajstić information content (AvgIpc) is 2.27. The minimum atomic E-state index is -5.08. The van der Waals surface area contributed by atoms with Gasteiger partial charge in [0.1, 0.15) is 0 Å². The fourth-order valence-corrected chi connectivity index (χ4v) is 0.797. The van der Waals surface area contributed by atoms with E-state index in [1.54, 1.807) is 6.20 Å². The van der Waals surface area contributed by atoms with Gasteiger partial charge in [0.2, 0.25) is 5.91 Å². The monoisotopic (exact) mass is 264 g/mol. The number of carbonyl (C=O) groups is 2. The Hall–Kier alpha value is -2.12. The Kier molecular flexibility index (Phi) is 6.40. The van der Waals surface area contributed by atoms with Crippen LogP contribution in [-0.2, 0) is 16.0 Å². The van der Waals surface area contributed by atoms with Crippen molar-refractivity contribution in [1.29, 1.82) is 0 Å². The lowest BCUT2D eigenvalue weighted by Gasteiger charge is -1.95. The van der Waals surface area contributed by atoms with E-state index in [0.717, 1.165) is 5.69 Å². The van der Waals surface area contributed by atoms with Crippen LogP contribution < -0.4 is 5.73 Å². The molecule has 1 amide bonds. The van der Waals surface area contributed by atoms with Crippen LogP contribution in [0.5, 0.6) is 0 Å². The summed E-state index contributed by atoms with van der Waals surface area (Å²) >= 11 is 0. The van der Waals surface area contributed by atoms with Gasteiger partial charge < -0.3 is 10.8 Å². The van der Waals surface area contributed by atoms with Gasteiger partial charge in [0.15, 0.2) is 0 Å². The number of primary amides is 1. The summed E-state index contributed by atoms with van der Waals surface area (Å²) < 4.78 is 31.7. The van der Waals surface area contributed by atoms with Gasteiger partial charge in [-0.2, -0.15) is 13.2 Å². The van der Waals surface area contributed by atoms with Crippen molar-refractivity contribution in [2.24, 2.45) is 5.73 Å². The van der Waals surface area contributed by atoms with Crippen molar-refractivity contribution in [3.63, 3.8) is 0 Å². The fourth-order valence-electron chi connectivity index (χ4n) is 0.797. The van der Waals surface area contributed by atoms with Gasteiger partial charge in [0, 0.05) is 18.3 Å². The first-order valence-corrected chi connectivity index (χ1v) is 4.72. The highest BCUT2D eigenvalue weighted by Gasteiger charge is 2.38. The number of alkyl halides is 3. The maximum atomic E-state index is 10.6. The number of carboxylic acids is 1. The average molecular weight is 264 g/mol. The number of aryl methyl sites for hydroxylation is 1. The summed E-state index contributed by atoms with van der Waals surface area (Å²) in [5, 5.41) is 7.12. The molecule has 0 spiro atoms. The van der Waals surface area contributed by atoms with Crippen molar-refractivity contribution in [2.45, 2.75) is 19.0 Å². The summed E-state index contributed by atoms with van der Waals surface area (Å²) in [6.07, 6.45) is -2.37. The number of rotatable bonds is 3. The number of pyridine rings is 1. The van der Waals surface area contributed by atoms with E-state index < -0.39 is 12.1 Å². The predicted molar refractivity (Wildman–Crippen MR) is 55.4 cm³/mol. The first-order chi connectivity index (χ1) is 8.23. The minimum Gasteiger partial charge on any atom is -0.475 e. The molecule has 3 N–H and O–H groups in total. The third-order valence-corrected chi connectivity index (χ3v) is 1.60. The zero-order chi connectivity index (χ0) is 14.2. The highest BCUT2D eigenvalue weighted by Crippen LogP contribution is 2.13. The third-order valence-electron chi connectivity index (χ3n) is 1.60. The lowest BCUT2D eigenvalue weighted by molar-refractivity contribution is -0.192. The van der Waals surface area contributed by atoms with E-state index in [2.05, 4.69) is 4.98 Å². The zero-order valence-electron chi connectivity index (χ0n) is 9.15. The van der Waals surface area contributed by atoms with Crippen molar-refractivity contribution in [3.8, 4) is 0 Å². The number of halogens is 3. The molecule has 100 valence electrons. The molecule has 0 unspecified atom stereocenters. The zero-order valence-corrected chi connectivity index (χ0v) is 9.15. The van der Waals surface area contributed by atoms with Gasteiger partial charge in [-0.05, 0) is 18.6 Å². The second kappa shape index (κ2) is 7.25. The summed E-state index contributed by atoms with van der Waals surface area (Å²) in [5.74, 6) is -3.04. The molecule has 18 heavy (non-hydrogen) atoms. The molecule has 1 aromatic rings. The molecule has 1 heterocycles. The van der Waals surface area contributed by atoms with E-state index in [0.29, 0.717) is 12.8 Å². The summed E-state index contributed by atoms with van der Waals surface area (Å²) in [4.78, 5) is 23.3. The maximum absolute atomic E-state index is 10.6. The molecule has 0 aromatic carbocycles. The number of carbonyl (C=O) groups excluding carboxylic acids is 1. The van der Waals surface area contributed by atoms with Gasteiger partial charge >= 0.3 is 12.1 Å². The quantitative estimate of drug-likeness (QED) is 0.855. The number of amides is 1. The van der Waals surface area contributed by atoms with E-state index in [4.69, 9.17) is 15.6 Å². The van der Waals surface area contributed by atoms with Crippen molar-refractivity contribution in [2.75, 3.05) is 0 Å². The Morgan fingerprint density at radius 3 is 2.22 bits per heavy atom. The molecule has 0 aliphatic rings. The van der Waals surface area contributed by atoms with Gasteiger partial charge in [-0.3, -0.25) is 9.78 Å². The molecule has 0 saturated heterocycles. The summed E-state index contributed by atoms with van der Waals surface area (Å²) in [5.41, 5.74) is 5.88. The third kappa shape index (κ3) is 8.08. The van der Waals surface area contributed by atoms with Crippen LogP contribution in [0.3, 0.4) is 0 Å². The number of nitrogens with zero attached hydrogens (tertiary/aromatic N) is 1. The summed E-state index contributed by atoms with van der Waals surface area (Å²) in [6.45, 7) is 0. The van der Waals surface area contributed by atoms with E-state index in [1.165, 1.54) is 0 Å². The molecule has 0 atom stereocenters. The maximum Gasteiger partial charge on any atom is 0.490 e. The predicted octanol–water partition coefficient (Wildman–Crippen LogP) is 1.13. The van der Waals surface area contributed by atoms with Crippen molar-refractivity contribution in [1.82, 2.24) is 4.98 Å². The van der Waals surface area contributed by atoms with Crippen LogP contribution in [-0.4, -0.2) is 28.1 Å². The van der Waals surface area contributed by atoms with Gasteiger partial charge in [0.25, 0.3) is 0 Å². The topological polar surface area (TPSA) is 93.3 Å². The van der Waals surface area contributed by atoms with E-state index >= 15 is 0 Å². The number of aromatic nitrogens is 1. The minimum absolute atomic E-state index is 0.282. The Morgan fingerprint density at radius 2 is 1.89 bits per heavy atom. The van der Waals surface area contributed by atoms with Gasteiger partial charge in [0.05, 0.1) is 0 Å². The molecule has 1 aromatic heterocycles. The molecule has 0 aliphatic heterocycles. The Bertz CT molecular complexity index is 393. The first kappa shape index (κ1) is 15.9. The van der Waals surface area contributed by atoms with E-state index in [-0.39, 0.29) is 5.91 Å². The highest BCUT2D eigenvalue weighted by molar-refractivity contribution is 5.74. The highest BCUT2D eigenvalue weighted by atomic mass is 19.4. The molecule has 0 radical (unpaired) electrons. The van der Waals surface area contributed by atoms with E-state index in [1.807, 2.05) is 18.2 Å². The standard InChI is InChI=1S/C8H10N2O.C2HF3O2/c9-8(11)5-4-7-3-1-2-6-10-7;3-2(4,5)1(6)7/h1-3,6H,4-5H2,(H2,9,11);(H,6,7).